The van der Waals surface area contributed by atoms with E-state index in [2.05, 4.69) is 9.97 Å². The summed E-state index contributed by atoms with van der Waals surface area (Å²) in [7, 11) is 0. The summed E-state index contributed by atoms with van der Waals surface area (Å²) in [5.74, 6) is 1.90. The number of fused-ring (bicyclic) bond motifs is 1. The van der Waals surface area contributed by atoms with E-state index < -0.39 is 0 Å². The molecule has 13 heavy (non-hydrogen) atoms. The maximum Gasteiger partial charge on any atom is 0.146 e. The molecule has 4 heteroatoms. The molecule has 0 fully saturated rings. The summed E-state index contributed by atoms with van der Waals surface area (Å²) in [6, 6.07) is -0.0646. The van der Waals surface area contributed by atoms with Crippen LogP contribution in [0.4, 0.5) is 0 Å². The molecule has 0 radical (unpaired) electrons. The van der Waals surface area contributed by atoms with Crippen LogP contribution in [0.5, 0.6) is 0 Å². The van der Waals surface area contributed by atoms with Crippen LogP contribution < -0.4 is 5.73 Å². The van der Waals surface area contributed by atoms with Crippen molar-refractivity contribution in [3.05, 3.63) is 17.1 Å². The summed E-state index contributed by atoms with van der Waals surface area (Å²) in [4.78, 5) is 8.84. The van der Waals surface area contributed by atoms with Gasteiger partial charge in [-0.2, -0.15) is 0 Å². The lowest BCUT2D eigenvalue weighted by molar-refractivity contribution is 0.709. The van der Waals surface area contributed by atoms with Crippen molar-refractivity contribution in [2.24, 2.45) is 5.73 Å². The summed E-state index contributed by atoms with van der Waals surface area (Å²) < 4.78 is 0. The van der Waals surface area contributed by atoms with Crippen LogP contribution in [0.15, 0.2) is 5.03 Å². The van der Waals surface area contributed by atoms with Gasteiger partial charge < -0.3 is 5.73 Å². The van der Waals surface area contributed by atoms with Gasteiger partial charge in [-0.15, -0.1) is 11.8 Å². The molecule has 1 aliphatic rings. The molecular weight excluding hydrogens is 182 g/mol. The molecule has 0 bridgehead atoms. The fraction of sp³-hybridized carbons (Fsp3) is 0.556. The second kappa shape index (κ2) is 3.27. The molecule has 0 amide bonds. The first-order valence-corrected chi connectivity index (χ1v) is 5.43. The molecule has 0 aliphatic carbocycles. The number of nitrogens with zero attached hydrogens (tertiary/aromatic N) is 2. The van der Waals surface area contributed by atoms with E-state index in [1.165, 1.54) is 5.56 Å². The van der Waals surface area contributed by atoms with Crippen molar-refractivity contribution in [3.63, 3.8) is 0 Å². The standard InChI is InChI=1S/C9H13N3S/c1-5(10)8-11-6(2)7-3-4-13-9(7)12-8/h5H,3-4,10H2,1-2H3. The third-order valence-corrected chi connectivity index (χ3v) is 3.21. The van der Waals surface area contributed by atoms with Crippen LogP contribution in [0.25, 0.3) is 0 Å². The SMILES string of the molecule is Cc1nc(C(C)N)nc2c1CCS2. The number of hydrogen-bond donors (Lipinski definition) is 1. The second-order valence-electron chi connectivity index (χ2n) is 3.34. The molecular formula is C9H13N3S. The maximum atomic E-state index is 5.74. The summed E-state index contributed by atoms with van der Waals surface area (Å²) in [6.07, 6.45) is 1.10. The Labute approximate surface area is 82.2 Å². The van der Waals surface area contributed by atoms with Gasteiger partial charge in [-0.25, -0.2) is 9.97 Å². The maximum absolute atomic E-state index is 5.74. The van der Waals surface area contributed by atoms with Gasteiger partial charge in [0.2, 0.25) is 0 Å². The van der Waals surface area contributed by atoms with Crippen molar-refractivity contribution in [2.75, 3.05) is 5.75 Å². The zero-order valence-electron chi connectivity index (χ0n) is 7.87. The van der Waals surface area contributed by atoms with Crippen LogP contribution in [0.2, 0.25) is 0 Å². The normalized spacial score (nSPS) is 17.2. The van der Waals surface area contributed by atoms with Gasteiger partial charge in [0.15, 0.2) is 0 Å². The van der Waals surface area contributed by atoms with Crippen molar-refractivity contribution in [3.8, 4) is 0 Å². The predicted octanol–water partition coefficient (Wildman–Crippen LogP) is 1.45. The monoisotopic (exact) mass is 195 g/mol. The van der Waals surface area contributed by atoms with Crippen LogP contribution in [0.1, 0.15) is 30.0 Å². The average molecular weight is 195 g/mol. The molecule has 70 valence electrons. The number of aromatic nitrogens is 2. The van der Waals surface area contributed by atoms with Crippen molar-refractivity contribution < 1.29 is 0 Å². The van der Waals surface area contributed by atoms with Crippen LogP contribution in [-0.2, 0) is 6.42 Å². The van der Waals surface area contributed by atoms with Gasteiger partial charge in [0, 0.05) is 17.0 Å². The van der Waals surface area contributed by atoms with Crippen molar-refractivity contribution >= 4 is 11.8 Å². The van der Waals surface area contributed by atoms with Crippen LogP contribution in [0, 0.1) is 6.92 Å². The lowest BCUT2D eigenvalue weighted by Gasteiger charge is -2.07. The Kier molecular flexibility index (Phi) is 2.26. The van der Waals surface area contributed by atoms with Gasteiger partial charge in [0.25, 0.3) is 0 Å². The highest BCUT2D eigenvalue weighted by atomic mass is 32.2. The fourth-order valence-electron chi connectivity index (χ4n) is 1.45. The summed E-state index contributed by atoms with van der Waals surface area (Å²) in [5.41, 5.74) is 8.16. The molecule has 1 aromatic heterocycles. The molecule has 2 heterocycles. The quantitative estimate of drug-likeness (QED) is 0.689. The fourth-order valence-corrected chi connectivity index (χ4v) is 2.53. The topological polar surface area (TPSA) is 51.8 Å². The zero-order chi connectivity index (χ0) is 9.42. The van der Waals surface area contributed by atoms with E-state index >= 15 is 0 Å². The first-order valence-electron chi connectivity index (χ1n) is 4.44. The van der Waals surface area contributed by atoms with E-state index in [-0.39, 0.29) is 6.04 Å². The largest absolute Gasteiger partial charge is 0.322 e. The summed E-state index contributed by atoms with van der Waals surface area (Å²) >= 11 is 1.81. The first-order chi connectivity index (χ1) is 6.18. The van der Waals surface area contributed by atoms with E-state index in [4.69, 9.17) is 5.73 Å². The Morgan fingerprint density at radius 3 is 2.92 bits per heavy atom. The van der Waals surface area contributed by atoms with Gasteiger partial charge in [0.05, 0.1) is 6.04 Å². The number of nitrogens with two attached hydrogens (primary N) is 1. The molecule has 3 nitrogen and oxygen atoms in total. The molecule has 1 atom stereocenters. The van der Waals surface area contributed by atoms with Gasteiger partial charge in [-0.3, -0.25) is 0 Å². The zero-order valence-corrected chi connectivity index (χ0v) is 8.69. The van der Waals surface area contributed by atoms with Crippen LogP contribution in [0.3, 0.4) is 0 Å². The third kappa shape index (κ3) is 1.56. The number of aryl methyl sites for hydroxylation is 1. The van der Waals surface area contributed by atoms with Gasteiger partial charge in [-0.1, -0.05) is 0 Å². The van der Waals surface area contributed by atoms with E-state index in [9.17, 15) is 0 Å². The minimum absolute atomic E-state index is 0.0646. The van der Waals surface area contributed by atoms with Gasteiger partial charge in [0.1, 0.15) is 10.9 Å². The van der Waals surface area contributed by atoms with Crippen molar-refractivity contribution in [1.29, 1.82) is 0 Å². The number of rotatable bonds is 1. The number of hydrogen-bond acceptors (Lipinski definition) is 4. The lowest BCUT2D eigenvalue weighted by Crippen LogP contribution is -2.12. The Balaban J connectivity index is 2.49. The smallest absolute Gasteiger partial charge is 0.146 e. The van der Waals surface area contributed by atoms with Crippen LogP contribution >= 0.6 is 11.8 Å². The third-order valence-electron chi connectivity index (χ3n) is 2.19. The first kappa shape index (κ1) is 8.97. The molecule has 0 saturated carbocycles. The van der Waals surface area contributed by atoms with E-state index in [0.29, 0.717) is 0 Å². The summed E-state index contributed by atoms with van der Waals surface area (Å²) in [5, 5.41) is 1.14. The summed E-state index contributed by atoms with van der Waals surface area (Å²) in [6.45, 7) is 3.96. The van der Waals surface area contributed by atoms with E-state index in [0.717, 1.165) is 28.7 Å². The number of thioether (sulfide) groups is 1. The lowest BCUT2D eigenvalue weighted by atomic mass is 10.2. The Morgan fingerprint density at radius 2 is 2.23 bits per heavy atom. The Bertz CT molecular complexity index is 336. The Hall–Kier alpha value is -0.610. The van der Waals surface area contributed by atoms with E-state index in [1.54, 1.807) is 11.8 Å². The molecule has 0 saturated heterocycles. The molecule has 1 unspecified atom stereocenters. The highest BCUT2D eigenvalue weighted by molar-refractivity contribution is 7.99. The highest BCUT2D eigenvalue weighted by Crippen LogP contribution is 2.31. The minimum Gasteiger partial charge on any atom is -0.322 e. The van der Waals surface area contributed by atoms with Crippen molar-refractivity contribution in [2.45, 2.75) is 31.3 Å². The molecule has 1 aromatic rings. The second-order valence-corrected chi connectivity index (χ2v) is 4.42. The van der Waals surface area contributed by atoms with Crippen molar-refractivity contribution in [1.82, 2.24) is 9.97 Å². The molecule has 0 aromatic carbocycles. The van der Waals surface area contributed by atoms with Crippen LogP contribution in [-0.4, -0.2) is 15.7 Å². The molecule has 2 rings (SSSR count). The minimum atomic E-state index is -0.0646. The Morgan fingerprint density at radius 1 is 1.46 bits per heavy atom. The highest BCUT2D eigenvalue weighted by Gasteiger charge is 2.18. The van der Waals surface area contributed by atoms with Gasteiger partial charge in [-0.05, 0) is 20.3 Å². The molecule has 0 spiro atoms. The molecule has 1 aliphatic heterocycles. The van der Waals surface area contributed by atoms with E-state index in [1.807, 2.05) is 13.8 Å². The van der Waals surface area contributed by atoms with Gasteiger partial charge >= 0.3 is 0 Å². The average Bonchev–Trinajstić information content (AvgIpc) is 2.51. The predicted molar refractivity (Wildman–Crippen MR) is 53.8 cm³/mol. The molecule has 2 N–H and O–H groups in total.